The summed E-state index contributed by atoms with van der Waals surface area (Å²) in [6.07, 6.45) is 6.29. The summed E-state index contributed by atoms with van der Waals surface area (Å²) in [6, 6.07) is 6.30. The zero-order chi connectivity index (χ0) is 18.4. The molecule has 0 saturated carbocycles. The molecule has 0 aliphatic heterocycles. The molecule has 2 heterocycles. The number of aromatic nitrogens is 4. The van der Waals surface area contributed by atoms with Crippen LogP contribution in [0.5, 0.6) is 5.75 Å². The fourth-order valence-electron chi connectivity index (χ4n) is 2.60. The van der Waals surface area contributed by atoms with Gasteiger partial charge in [-0.25, -0.2) is 4.98 Å². The molecule has 0 atom stereocenters. The Morgan fingerprint density at radius 2 is 2.23 bits per heavy atom. The Morgan fingerprint density at radius 3 is 3.00 bits per heavy atom. The maximum absolute atomic E-state index is 5.44. The first kappa shape index (κ1) is 18.3. The average molecular weight is 372 g/mol. The zero-order valence-electron chi connectivity index (χ0n) is 15.3. The maximum atomic E-state index is 5.44. The van der Waals surface area contributed by atoms with Crippen molar-refractivity contribution in [1.82, 2.24) is 24.2 Å². The van der Waals surface area contributed by atoms with Crippen LogP contribution in [0.2, 0.25) is 0 Å². The number of imidazole rings is 1. The van der Waals surface area contributed by atoms with E-state index < -0.39 is 0 Å². The topological polar surface area (TPSA) is 68.1 Å². The second-order valence-corrected chi connectivity index (χ2v) is 6.84. The number of aryl methyl sites for hydroxylation is 1. The lowest BCUT2D eigenvalue weighted by molar-refractivity contribution is 0.407. The van der Waals surface area contributed by atoms with Crippen molar-refractivity contribution in [3.63, 3.8) is 0 Å². The molecule has 0 radical (unpaired) electrons. The Balaban J connectivity index is 1.42. The van der Waals surface area contributed by atoms with Gasteiger partial charge in [-0.3, -0.25) is 4.57 Å². The van der Waals surface area contributed by atoms with Gasteiger partial charge >= 0.3 is 0 Å². The van der Waals surface area contributed by atoms with Gasteiger partial charge in [0.1, 0.15) is 12.1 Å². The van der Waals surface area contributed by atoms with E-state index in [2.05, 4.69) is 49.7 Å². The molecule has 7 nitrogen and oxygen atoms in total. The van der Waals surface area contributed by atoms with Crippen LogP contribution in [0.15, 0.2) is 36.9 Å². The first-order valence-electron chi connectivity index (χ1n) is 8.55. The van der Waals surface area contributed by atoms with Crippen molar-refractivity contribution in [2.45, 2.75) is 19.9 Å². The molecule has 0 aliphatic carbocycles. The standard InChI is InChI=1S/C18H24N6OS/c1-14-5-6-15(16(11-14)25-3)12-19-7-4-9-23(2)18-21-17(22-26-18)24-10-8-20-13-24/h5-6,8,10-11,13,19H,4,7,9,12H2,1-3H3. The minimum absolute atomic E-state index is 0.666. The number of nitrogens with one attached hydrogen (secondary N) is 1. The maximum Gasteiger partial charge on any atom is 0.248 e. The van der Waals surface area contributed by atoms with Crippen molar-refractivity contribution in [2.24, 2.45) is 0 Å². The van der Waals surface area contributed by atoms with E-state index in [-0.39, 0.29) is 0 Å². The van der Waals surface area contributed by atoms with Crippen molar-refractivity contribution < 1.29 is 4.74 Å². The van der Waals surface area contributed by atoms with E-state index >= 15 is 0 Å². The smallest absolute Gasteiger partial charge is 0.248 e. The lowest BCUT2D eigenvalue weighted by Gasteiger charge is -2.15. The summed E-state index contributed by atoms with van der Waals surface area (Å²) >= 11 is 1.40. The summed E-state index contributed by atoms with van der Waals surface area (Å²) in [7, 11) is 3.76. The molecule has 0 bridgehead atoms. The van der Waals surface area contributed by atoms with Gasteiger partial charge in [-0.05, 0) is 31.5 Å². The molecule has 0 fully saturated rings. The number of benzene rings is 1. The van der Waals surface area contributed by atoms with Crippen molar-refractivity contribution in [3.8, 4) is 11.7 Å². The predicted octanol–water partition coefficient (Wildman–Crippen LogP) is 2.66. The van der Waals surface area contributed by atoms with Gasteiger partial charge in [-0.15, -0.1) is 0 Å². The van der Waals surface area contributed by atoms with E-state index in [1.807, 2.05) is 17.8 Å². The summed E-state index contributed by atoms with van der Waals surface area (Å²) in [5, 5.41) is 4.39. The number of nitrogens with zero attached hydrogens (tertiary/aromatic N) is 5. The van der Waals surface area contributed by atoms with Crippen LogP contribution in [-0.4, -0.2) is 46.2 Å². The Labute approximate surface area is 157 Å². The Hall–Kier alpha value is -2.45. The van der Waals surface area contributed by atoms with Gasteiger partial charge in [0.05, 0.1) is 7.11 Å². The molecule has 0 unspecified atom stereocenters. The highest BCUT2D eigenvalue weighted by molar-refractivity contribution is 7.09. The second-order valence-electron chi connectivity index (χ2n) is 6.11. The van der Waals surface area contributed by atoms with Crippen LogP contribution < -0.4 is 15.0 Å². The van der Waals surface area contributed by atoms with Gasteiger partial charge in [0.25, 0.3) is 0 Å². The Morgan fingerprint density at radius 1 is 1.35 bits per heavy atom. The van der Waals surface area contributed by atoms with Crippen LogP contribution in [0.1, 0.15) is 17.5 Å². The van der Waals surface area contributed by atoms with Gasteiger partial charge in [0.2, 0.25) is 11.1 Å². The predicted molar refractivity (Wildman–Crippen MR) is 104 cm³/mol. The molecule has 0 amide bonds. The molecule has 26 heavy (non-hydrogen) atoms. The highest BCUT2D eigenvalue weighted by atomic mass is 32.1. The van der Waals surface area contributed by atoms with Crippen LogP contribution in [0.4, 0.5) is 5.13 Å². The molecule has 0 spiro atoms. The monoisotopic (exact) mass is 372 g/mol. The number of methoxy groups -OCH3 is 1. The van der Waals surface area contributed by atoms with Crippen LogP contribution >= 0.6 is 11.5 Å². The second kappa shape index (κ2) is 8.77. The summed E-state index contributed by atoms with van der Waals surface area (Å²) in [6.45, 7) is 4.71. The third-order valence-corrected chi connectivity index (χ3v) is 4.89. The molecule has 0 aliphatic rings. The van der Waals surface area contributed by atoms with Crippen molar-refractivity contribution in [3.05, 3.63) is 48.0 Å². The number of rotatable bonds is 9. The van der Waals surface area contributed by atoms with E-state index in [0.717, 1.165) is 36.9 Å². The van der Waals surface area contributed by atoms with Crippen molar-refractivity contribution >= 4 is 16.7 Å². The first-order chi connectivity index (χ1) is 12.7. The molecule has 3 rings (SSSR count). The highest BCUT2D eigenvalue weighted by Crippen LogP contribution is 2.20. The molecule has 3 aromatic rings. The minimum atomic E-state index is 0.666. The SMILES string of the molecule is COc1cc(C)ccc1CNCCCN(C)c1nc(-n2ccnc2)ns1. The molecule has 0 saturated heterocycles. The number of anilines is 1. The van der Waals surface area contributed by atoms with Crippen LogP contribution in [0, 0.1) is 6.92 Å². The third-order valence-electron chi connectivity index (χ3n) is 4.07. The van der Waals surface area contributed by atoms with Gasteiger partial charge < -0.3 is 15.0 Å². The third kappa shape index (κ3) is 4.59. The highest BCUT2D eigenvalue weighted by Gasteiger charge is 2.09. The quantitative estimate of drug-likeness (QED) is 0.583. The molecule has 8 heteroatoms. The normalized spacial score (nSPS) is 10.9. The van der Waals surface area contributed by atoms with E-state index in [1.54, 1.807) is 19.6 Å². The Bertz CT molecular complexity index is 817. The van der Waals surface area contributed by atoms with E-state index in [0.29, 0.717) is 5.95 Å². The molecular weight excluding hydrogens is 348 g/mol. The molecule has 2 aromatic heterocycles. The number of hydrogen-bond donors (Lipinski definition) is 1. The van der Waals surface area contributed by atoms with E-state index in [9.17, 15) is 0 Å². The van der Waals surface area contributed by atoms with Crippen molar-refractivity contribution in [2.75, 3.05) is 32.1 Å². The van der Waals surface area contributed by atoms with Crippen LogP contribution in [0.3, 0.4) is 0 Å². The van der Waals surface area contributed by atoms with Gasteiger partial charge in [0.15, 0.2) is 0 Å². The molecule has 138 valence electrons. The molecule has 1 aromatic carbocycles. The van der Waals surface area contributed by atoms with Crippen LogP contribution in [-0.2, 0) is 6.54 Å². The lowest BCUT2D eigenvalue weighted by atomic mass is 10.1. The van der Waals surface area contributed by atoms with E-state index in [1.165, 1.54) is 22.7 Å². The van der Waals surface area contributed by atoms with E-state index in [4.69, 9.17) is 4.74 Å². The van der Waals surface area contributed by atoms with Gasteiger partial charge in [-0.1, -0.05) is 12.1 Å². The number of ether oxygens (including phenoxy) is 1. The summed E-state index contributed by atoms with van der Waals surface area (Å²) in [5.41, 5.74) is 2.39. The summed E-state index contributed by atoms with van der Waals surface area (Å²) < 4.78 is 11.6. The lowest BCUT2D eigenvalue weighted by Crippen LogP contribution is -2.23. The van der Waals surface area contributed by atoms with Gasteiger partial charge in [-0.2, -0.15) is 9.36 Å². The van der Waals surface area contributed by atoms with Crippen molar-refractivity contribution in [1.29, 1.82) is 0 Å². The first-order valence-corrected chi connectivity index (χ1v) is 9.32. The zero-order valence-corrected chi connectivity index (χ0v) is 16.2. The number of hydrogen-bond acceptors (Lipinski definition) is 7. The molecule has 1 N–H and O–H groups in total. The fourth-order valence-corrected chi connectivity index (χ4v) is 3.25. The summed E-state index contributed by atoms with van der Waals surface area (Å²) in [4.78, 5) is 10.7. The fraction of sp³-hybridized carbons (Fsp3) is 0.389. The van der Waals surface area contributed by atoms with Crippen LogP contribution in [0.25, 0.3) is 5.95 Å². The van der Waals surface area contributed by atoms with Gasteiger partial charge in [0, 0.05) is 49.6 Å². The Kier molecular flexibility index (Phi) is 6.19. The largest absolute Gasteiger partial charge is 0.496 e. The molecular formula is C18H24N6OS. The minimum Gasteiger partial charge on any atom is -0.496 e. The summed E-state index contributed by atoms with van der Waals surface area (Å²) in [5.74, 6) is 1.61. The average Bonchev–Trinajstić information content (AvgIpc) is 3.33.